The number of hydrogen-bond acceptors (Lipinski definition) is 5. The van der Waals surface area contributed by atoms with Crippen LogP contribution in [0.5, 0.6) is 0 Å². The van der Waals surface area contributed by atoms with Gasteiger partial charge in [0, 0.05) is 13.2 Å². The van der Waals surface area contributed by atoms with Crippen molar-refractivity contribution < 1.29 is 22.7 Å². The fourth-order valence-electron chi connectivity index (χ4n) is 2.90. The van der Waals surface area contributed by atoms with E-state index in [0.29, 0.717) is 12.1 Å². The molecule has 1 saturated heterocycles. The lowest BCUT2D eigenvalue weighted by atomic mass is 10.1. The van der Waals surface area contributed by atoms with Crippen molar-refractivity contribution in [3.63, 3.8) is 0 Å². The summed E-state index contributed by atoms with van der Waals surface area (Å²) < 4.78 is 28.6. The van der Waals surface area contributed by atoms with Gasteiger partial charge in [-0.3, -0.25) is 9.69 Å². The number of amides is 2. The van der Waals surface area contributed by atoms with Gasteiger partial charge >= 0.3 is 6.09 Å². The highest BCUT2D eigenvalue weighted by Crippen LogP contribution is 2.39. The number of carbonyl (C=O) groups is 2. The molecular weight excluding hydrogens is 308 g/mol. The molecule has 0 aromatic heterocycles. The molecule has 2 atom stereocenters. The van der Waals surface area contributed by atoms with Crippen LogP contribution in [0, 0.1) is 0 Å². The second-order valence-corrected chi connectivity index (χ2v) is 7.58. The van der Waals surface area contributed by atoms with Crippen LogP contribution in [0.25, 0.3) is 0 Å². The number of hydrogen-bond donors (Lipinski definition) is 1. The summed E-state index contributed by atoms with van der Waals surface area (Å²) in [7, 11) is -3.29. The second kappa shape index (κ2) is 4.98. The smallest absolute Gasteiger partial charge is 0.415 e. The number of rotatable bonds is 3. The van der Waals surface area contributed by atoms with Crippen LogP contribution in [0.4, 0.5) is 10.5 Å². The van der Waals surface area contributed by atoms with E-state index in [9.17, 15) is 18.0 Å². The van der Waals surface area contributed by atoms with E-state index in [1.165, 1.54) is 17.9 Å². The quantitative estimate of drug-likeness (QED) is 0.873. The number of anilines is 1. The first-order valence-corrected chi connectivity index (χ1v) is 8.74. The van der Waals surface area contributed by atoms with Crippen LogP contribution in [-0.2, 0) is 25.8 Å². The standard InChI is InChI=1S/C14H16N2O5S/c1-8(17)15-7-13-12-6-9-5-10(22(2,19)20)3-4-11(9)16(12)14(18)21-13/h3-5,12-13H,6-7H2,1-2H3,(H,15,17)/t12-,13-/m0/s1. The van der Waals surface area contributed by atoms with Crippen LogP contribution in [-0.4, -0.2) is 45.4 Å². The fourth-order valence-corrected chi connectivity index (χ4v) is 3.58. The molecule has 1 N–H and O–H groups in total. The maximum absolute atomic E-state index is 12.0. The van der Waals surface area contributed by atoms with E-state index in [1.807, 2.05) is 0 Å². The van der Waals surface area contributed by atoms with Gasteiger partial charge in [0.05, 0.1) is 23.2 Å². The van der Waals surface area contributed by atoms with Gasteiger partial charge in [-0.05, 0) is 30.2 Å². The van der Waals surface area contributed by atoms with Gasteiger partial charge in [0.15, 0.2) is 9.84 Å². The minimum absolute atomic E-state index is 0.190. The molecule has 1 aromatic rings. The lowest BCUT2D eigenvalue weighted by Crippen LogP contribution is -2.40. The van der Waals surface area contributed by atoms with Crippen LogP contribution in [0.2, 0.25) is 0 Å². The first-order chi connectivity index (χ1) is 10.3. The van der Waals surface area contributed by atoms with Crippen LogP contribution in [0.15, 0.2) is 23.1 Å². The topological polar surface area (TPSA) is 92.8 Å². The average Bonchev–Trinajstić information content (AvgIpc) is 2.93. The van der Waals surface area contributed by atoms with Crippen molar-refractivity contribution in [2.75, 3.05) is 17.7 Å². The summed E-state index contributed by atoms with van der Waals surface area (Å²) in [5, 5.41) is 2.64. The van der Waals surface area contributed by atoms with Gasteiger partial charge in [-0.2, -0.15) is 0 Å². The largest absolute Gasteiger partial charge is 0.442 e. The van der Waals surface area contributed by atoms with Crippen molar-refractivity contribution >= 4 is 27.5 Å². The summed E-state index contributed by atoms with van der Waals surface area (Å²) in [5.74, 6) is -0.190. The molecule has 3 rings (SSSR count). The fraction of sp³-hybridized carbons (Fsp3) is 0.429. The van der Waals surface area contributed by atoms with E-state index < -0.39 is 22.0 Å². The lowest BCUT2D eigenvalue weighted by molar-refractivity contribution is -0.119. The lowest BCUT2D eigenvalue weighted by Gasteiger charge is -2.16. The summed E-state index contributed by atoms with van der Waals surface area (Å²) in [6, 6.07) is 4.51. The van der Waals surface area contributed by atoms with Gasteiger partial charge in [-0.1, -0.05) is 0 Å². The highest BCUT2D eigenvalue weighted by atomic mass is 32.2. The van der Waals surface area contributed by atoms with E-state index in [1.54, 1.807) is 12.1 Å². The number of fused-ring (bicyclic) bond motifs is 3. The molecule has 7 nitrogen and oxygen atoms in total. The molecule has 118 valence electrons. The van der Waals surface area contributed by atoms with Crippen molar-refractivity contribution in [3.8, 4) is 0 Å². The Morgan fingerprint density at radius 1 is 1.45 bits per heavy atom. The molecule has 0 radical (unpaired) electrons. The maximum atomic E-state index is 12.0. The number of nitrogens with zero attached hydrogens (tertiary/aromatic N) is 1. The Balaban J connectivity index is 1.89. The van der Waals surface area contributed by atoms with Crippen LogP contribution in [0.3, 0.4) is 0 Å². The van der Waals surface area contributed by atoms with Crippen LogP contribution in [0.1, 0.15) is 12.5 Å². The van der Waals surface area contributed by atoms with E-state index in [-0.39, 0.29) is 23.4 Å². The molecule has 0 saturated carbocycles. The highest BCUT2D eigenvalue weighted by Gasteiger charge is 2.47. The zero-order valence-electron chi connectivity index (χ0n) is 12.2. The van der Waals surface area contributed by atoms with E-state index >= 15 is 0 Å². The minimum Gasteiger partial charge on any atom is -0.442 e. The zero-order chi connectivity index (χ0) is 16.1. The number of nitrogens with one attached hydrogen (secondary N) is 1. The predicted molar refractivity (Wildman–Crippen MR) is 78.5 cm³/mol. The number of cyclic esters (lactones) is 1. The monoisotopic (exact) mass is 324 g/mol. The zero-order valence-corrected chi connectivity index (χ0v) is 13.0. The minimum atomic E-state index is -3.29. The van der Waals surface area contributed by atoms with Gasteiger partial charge in [0.25, 0.3) is 0 Å². The summed E-state index contributed by atoms with van der Waals surface area (Å²) in [6.07, 6.45) is 0.754. The molecule has 0 aliphatic carbocycles. The maximum Gasteiger partial charge on any atom is 0.415 e. The Hall–Kier alpha value is -2.09. The SMILES string of the molecule is CC(=O)NC[C@@H]1OC(=O)N2c3ccc(S(C)(=O)=O)cc3C[C@@H]12. The van der Waals surface area contributed by atoms with Crippen molar-refractivity contribution in [1.29, 1.82) is 0 Å². The predicted octanol–water partition coefficient (Wildman–Crippen LogP) is 0.476. The molecule has 2 aliphatic heterocycles. The Morgan fingerprint density at radius 2 is 2.18 bits per heavy atom. The molecule has 22 heavy (non-hydrogen) atoms. The van der Waals surface area contributed by atoms with Crippen molar-refractivity contribution in [1.82, 2.24) is 5.32 Å². The van der Waals surface area contributed by atoms with E-state index in [4.69, 9.17) is 4.74 Å². The second-order valence-electron chi connectivity index (χ2n) is 5.56. The van der Waals surface area contributed by atoms with Crippen molar-refractivity contribution in [3.05, 3.63) is 23.8 Å². The van der Waals surface area contributed by atoms with Crippen molar-refractivity contribution in [2.24, 2.45) is 0 Å². The van der Waals surface area contributed by atoms with Gasteiger partial charge < -0.3 is 10.1 Å². The molecule has 2 amide bonds. The molecule has 1 aromatic carbocycles. The average molecular weight is 324 g/mol. The number of ether oxygens (including phenoxy) is 1. The number of carbonyl (C=O) groups excluding carboxylic acids is 2. The number of benzene rings is 1. The molecule has 1 fully saturated rings. The number of sulfone groups is 1. The summed E-state index contributed by atoms with van der Waals surface area (Å²) in [5.41, 5.74) is 1.48. The molecule has 2 aliphatic rings. The Morgan fingerprint density at radius 3 is 2.82 bits per heavy atom. The van der Waals surface area contributed by atoms with Crippen molar-refractivity contribution in [2.45, 2.75) is 30.4 Å². The molecule has 0 unspecified atom stereocenters. The van der Waals surface area contributed by atoms with Gasteiger partial charge in [0.1, 0.15) is 6.10 Å². The first-order valence-electron chi connectivity index (χ1n) is 6.84. The molecule has 0 bridgehead atoms. The molecule has 8 heteroatoms. The molecule has 2 heterocycles. The van der Waals surface area contributed by atoms with Crippen LogP contribution < -0.4 is 10.2 Å². The van der Waals surface area contributed by atoms with Crippen LogP contribution >= 0.6 is 0 Å². The van der Waals surface area contributed by atoms with E-state index in [0.717, 1.165) is 11.8 Å². The Bertz CT molecular complexity index is 758. The third-order valence-electron chi connectivity index (χ3n) is 3.93. The first kappa shape index (κ1) is 14.8. The normalized spacial score (nSPS) is 23.0. The van der Waals surface area contributed by atoms with Gasteiger partial charge in [0.2, 0.25) is 5.91 Å². The summed E-state index contributed by atoms with van der Waals surface area (Å²) in [6.45, 7) is 1.64. The Labute approximate surface area is 128 Å². The Kier molecular flexibility index (Phi) is 3.36. The highest BCUT2D eigenvalue weighted by molar-refractivity contribution is 7.90. The third-order valence-corrected chi connectivity index (χ3v) is 5.04. The van der Waals surface area contributed by atoms with Gasteiger partial charge in [-0.15, -0.1) is 0 Å². The summed E-state index contributed by atoms with van der Waals surface area (Å²) >= 11 is 0. The molecular formula is C14H16N2O5S. The van der Waals surface area contributed by atoms with E-state index in [2.05, 4.69) is 5.32 Å². The van der Waals surface area contributed by atoms with Gasteiger partial charge in [-0.25, -0.2) is 13.2 Å². The third kappa shape index (κ3) is 2.43. The summed E-state index contributed by atoms with van der Waals surface area (Å²) in [4.78, 5) is 24.8. The molecule has 0 spiro atoms.